The molecule has 0 aliphatic heterocycles. The van der Waals surface area contributed by atoms with Crippen LogP contribution in [0, 0.1) is 11.6 Å². The molecule has 12 heteroatoms. The summed E-state index contributed by atoms with van der Waals surface area (Å²) in [5, 5.41) is 1.89. The number of carbonyl (C=O) groups is 2. The predicted molar refractivity (Wildman–Crippen MR) is 105 cm³/mol. The second-order valence-electron chi connectivity index (χ2n) is 5.89. The van der Waals surface area contributed by atoms with Crippen LogP contribution in [-0.4, -0.2) is 35.7 Å². The lowest BCUT2D eigenvalue weighted by molar-refractivity contribution is -0.274. The molecule has 1 N–H and O–H groups in total. The molecule has 0 heterocycles. The Morgan fingerprint density at radius 1 is 1.00 bits per heavy atom. The molecule has 0 spiro atoms. The van der Waals surface area contributed by atoms with Gasteiger partial charge in [-0.1, -0.05) is 19.9 Å². The van der Waals surface area contributed by atoms with Crippen LogP contribution in [0.4, 0.5) is 32.4 Å². The van der Waals surface area contributed by atoms with Crippen LogP contribution in [0.2, 0.25) is 0 Å². The molecular formula is C19H18F5N3O3S. The van der Waals surface area contributed by atoms with E-state index >= 15 is 0 Å². The number of imide groups is 1. The van der Waals surface area contributed by atoms with Crippen molar-refractivity contribution in [1.82, 2.24) is 9.62 Å². The highest BCUT2D eigenvalue weighted by atomic mass is 32.2. The normalized spacial score (nSPS) is 11.4. The van der Waals surface area contributed by atoms with Crippen LogP contribution in [0.1, 0.15) is 24.2 Å². The van der Waals surface area contributed by atoms with E-state index in [2.05, 4.69) is 4.74 Å². The first-order valence-electron chi connectivity index (χ1n) is 8.94. The van der Waals surface area contributed by atoms with Crippen molar-refractivity contribution in [1.29, 1.82) is 0 Å². The molecule has 0 atom stereocenters. The van der Waals surface area contributed by atoms with E-state index in [9.17, 15) is 31.5 Å². The summed E-state index contributed by atoms with van der Waals surface area (Å²) in [6.07, 6.45) is -4.88. The van der Waals surface area contributed by atoms with Crippen LogP contribution in [-0.2, 0) is 0 Å². The van der Waals surface area contributed by atoms with Gasteiger partial charge in [-0.05, 0) is 36.4 Å². The number of nitrogens with zero attached hydrogens (tertiary/aromatic N) is 2. The summed E-state index contributed by atoms with van der Waals surface area (Å²) in [6.45, 7) is 4.56. The van der Waals surface area contributed by atoms with Crippen molar-refractivity contribution in [2.75, 3.05) is 17.4 Å². The van der Waals surface area contributed by atoms with Gasteiger partial charge in [0.25, 0.3) is 5.91 Å². The van der Waals surface area contributed by atoms with Gasteiger partial charge >= 0.3 is 12.4 Å². The molecule has 0 saturated heterocycles. The Bertz CT molecular complexity index is 901. The van der Waals surface area contributed by atoms with E-state index in [1.807, 2.05) is 5.32 Å². The van der Waals surface area contributed by atoms with Crippen molar-refractivity contribution in [2.45, 2.75) is 20.2 Å². The highest BCUT2D eigenvalue weighted by Crippen LogP contribution is 2.29. The number of hydrogen-bond acceptors (Lipinski definition) is 5. The van der Waals surface area contributed by atoms with E-state index < -0.39 is 41.2 Å². The maximum Gasteiger partial charge on any atom is 0.573 e. The van der Waals surface area contributed by atoms with Crippen molar-refractivity contribution in [2.24, 2.45) is 0 Å². The molecular weight excluding hydrogens is 445 g/mol. The lowest BCUT2D eigenvalue weighted by atomic mass is 10.2. The smallest absolute Gasteiger partial charge is 0.406 e. The van der Waals surface area contributed by atoms with Crippen molar-refractivity contribution < 1.29 is 36.3 Å². The summed E-state index contributed by atoms with van der Waals surface area (Å²) in [6, 6.07) is 6.07. The zero-order chi connectivity index (χ0) is 23.2. The molecule has 0 bridgehead atoms. The molecule has 168 valence electrons. The maximum absolute atomic E-state index is 13.8. The summed E-state index contributed by atoms with van der Waals surface area (Å²) < 4.78 is 71.2. The van der Waals surface area contributed by atoms with Crippen molar-refractivity contribution in [3.63, 3.8) is 0 Å². The Labute approximate surface area is 179 Å². The minimum Gasteiger partial charge on any atom is -0.406 e. The third-order valence-electron chi connectivity index (χ3n) is 3.80. The molecule has 0 radical (unpaired) electrons. The van der Waals surface area contributed by atoms with E-state index in [0.29, 0.717) is 13.1 Å². The van der Waals surface area contributed by atoms with Crippen LogP contribution in [0.15, 0.2) is 42.5 Å². The molecule has 0 fully saturated rings. The summed E-state index contributed by atoms with van der Waals surface area (Å²) in [4.78, 5) is 25.0. The fourth-order valence-electron chi connectivity index (χ4n) is 2.36. The van der Waals surface area contributed by atoms with Gasteiger partial charge in [-0.2, -0.15) is 0 Å². The lowest BCUT2D eigenvalue weighted by Gasteiger charge is -2.27. The molecule has 0 saturated carbocycles. The first-order valence-corrected chi connectivity index (χ1v) is 9.67. The van der Waals surface area contributed by atoms with Crippen LogP contribution >= 0.6 is 12.1 Å². The number of alkyl halides is 3. The minimum atomic E-state index is -4.88. The maximum atomic E-state index is 13.8. The second-order valence-corrected chi connectivity index (χ2v) is 6.93. The van der Waals surface area contributed by atoms with Gasteiger partial charge < -0.3 is 4.74 Å². The highest BCUT2D eigenvalue weighted by molar-refractivity contribution is 7.99. The molecule has 0 unspecified atom stereocenters. The van der Waals surface area contributed by atoms with E-state index in [1.165, 1.54) is 12.1 Å². The summed E-state index contributed by atoms with van der Waals surface area (Å²) in [5.74, 6) is -4.11. The number of nitrogens with one attached hydrogen (secondary N) is 1. The number of urea groups is 1. The molecule has 0 aliphatic carbocycles. The number of benzene rings is 2. The molecule has 2 aromatic carbocycles. The number of hydrogen-bond donors (Lipinski definition) is 1. The monoisotopic (exact) mass is 463 g/mol. The fraction of sp³-hybridized carbons (Fsp3) is 0.263. The molecule has 31 heavy (non-hydrogen) atoms. The number of amides is 3. The average molecular weight is 463 g/mol. The Morgan fingerprint density at radius 3 is 2.03 bits per heavy atom. The summed E-state index contributed by atoms with van der Waals surface area (Å²) >= 11 is 0.867. The first kappa shape index (κ1) is 24.4. The summed E-state index contributed by atoms with van der Waals surface area (Å²) in [7, 11) is 0. The van der Waals surface area contributed by atoms with Gasteiger partial charge in [0.05, 0.1) is 5.69 Å². The molecule has 2 aromatic rings. The molecule has 0 aromatic heterocycles. The SMILES string of the molecule is CCN(CC)SN(C(=O)NC(=O)c1c(F)cccc1F)c1ccc(OC(F)(F)F)cc1. The van der Waals surface area contributed by atoms with Gasteiger partial charge in [0.2, 0.25) is 0 Å². The zero-order valence-electron chi connectivity index (χ0n) is 16.4. The second kappa shape index (κ2) is 10.4. The molecule has 3 amide bonds. The van der Waals surface area contributed by atoms with E-state index in [0.717, 1.165) is 46.8 Å². The van der Waals surface area contributed by atoms with E-state index in [-0.39, 0.29) is 5.69 Å². The van der Waals surface area contributed by atoms with E-state index in [4.69, 9.17) is 0 Å². The van der Waals surface area contributed by atoms with Crippen LogP contribution in [0.5, 0.6) is 5.75 Å². The highest BCUT2D eigenvalue weighted by Gasteiger charge is 2.31. The number of anilines is 1. The third-order valence-corrected chi connectivity index (χ3v) is 5.09. The number of carbonyl (C=O) groups excluding carboxylic acids is 2. The van der Waals surface area contributed by atoms with E-state index in [1.54, 1.807) is 18.2 Å². The Balaban J connectivity index is 2.28. The third kappa shape index (κ3) is 6.82. The number of ether oxygens (including phenoxy) is 1. The van der Waals surface area contributed by atoms with Gasteiger partial charge in [0.1, 0.15) is 22.9 Å². The number of halogens is 5. The van der Waals surface area contributed by atoms with Gasteiger partial charge in [0.15, 0.2) is 0 Å². The van der Waals surface area contributed by atoms with Crippen molar-refractivity contribution in [3.05, 3.63) is 59.7 Å². The van der Waals surface area contributed by atoms with Crippen LogP contribution in [0.25, 0.3) is 0 Å². The standard InChI is InChI=1S/C19H18F5N3O3S/c1-3-26(4-2)31-27(12-8-10-13(11-9-12)30-19(22,23)24)18(29)25-17(28)16-14(20)6-5-7-15(16)21/h5-11H,3-4H2,1-2H3,(H,25,28,29). The van der Waals surface area contributed by atoms with Crippen molar-refractivity contribution in [3.8, 4) is 5.75 Å². The van der Waals surface area contributed by atoms with Gasteiger partial charge in [-0.25, -0.2) is 22.2 Å². The van der Waals surface area contributed by atoms with Crippen LogP contribution in [0.3, 0.4) is 0 Å². The Morgan fingerprint density at radius 2 is 1.55 bits per heavy atom. The fourth-order valence-corrected chi connectivity index (χ4v) is 3.16. The minimum absolute atomic E-state index is 0.103. The average Bonchev–Trinajstić information content (AvgIpc) is 2.68. The molecule has 2 rings (SSSR count). The van der Waals surface area contributed by atoms with Crippen LogP contribution < -0.4 is 14.4 Å². The summed E-state index contributed by atoms with van der Waals surface area (Å²) in [5.41, 5.74) is -0.830. The largest absolute Gasteiger partial charge is 0.573 e. The topological polar surface area (TPSA) is 61.9 Å². The first-order chi connectivity index (χ1) is 14.6. The van der Waals surface area contributed by atoms with Crippen molar-refractivity contribution >= 4 is 29.8 Å². The predicted octanol–water partition coefficient (Wildman–Crippen LogP) is 5.12. The zero-order valence-corrected chi connectivity index (χ0v) is 17.2. The van der Waals surface area contributed by atoms with Gasteiger partial charge in [-0.15, -0.1) is 13.2 Å². The lowest BCUT2D eigenvalue weighted by Crippen LogP contribution is -2.42. The Hall–Kier alpha value is -2.86. The quantitative estimate of drug-likeness (QED) is 0.456. The molecule has 6 nitrogen and oxygen atoms in total. The van der Waals surface area contributed by atoms with Gasteiger partial charge in [0, 0.05) is 25.2 Å². The molecule has 0 aliphatic rings. The Kier molecular flexibility index (Phi) is 8.22. The van der Waals surface area contributed by atoms with Gasteiger partial charge in [-0.3, -0.25) is 10.1 Å². The number of rotatable bonds is 7.